The number of halogens is 3. The van der Waals surface area contributed by atoms with Gasteiger partial charge in [0.25, 0.3) is 11.6 Å². The highest BCUT2D eigenvalue weighted by atomic mass is 19.1. The number of nitrogens with zero attached hydrogens (tertiary/aromatic N) is 4. The van der Waals surface area contributed by atoms with Gasteiger partial charge in [0.15, 0.2) is 5.82 Å². The molecule has 2 aromatic rings. The number of benzene rings is 2. The molecule has 2 aliphatic rings. The van der Waals surface area contributed by atoms with E-state index in [0.29, 0.717) is 32.4 Å². The molecule has 2 aromatic carbocycles. The Balaban J connectivity index is 1.54. The predicted molar refractivity (Wildman–Crippen MR) is 111 cm³/mol. The Labute approximate surface area is 181 Å². The van der Waals surface area contributed by atoms with Gasteiger partial charge in [-0.15, -0.1) is 0 Å². The molecule has 0 radical (unpaired) electrons. The highest BCUT2D eigenvalue weighted by Gasteiger charge is 2.30. The zero-order valence-electron chi connectivity index (χ0n) is 17.1. The third-order valence-corrected chi connectivity index (χ3v) is 5.66. The summed E-state index contributed by atoms with van der Waals surface area (Å²) < 4.78 is 47.0. The predicted octanol–water partition coefficient (Wildman–Crippen LogP) is 2.81. The summed E-state index contributed by atoms with van der Waals surface area (Å²) in [4.78, 5) is 28.5. The van der Waals surface area contributed by atoms with E-state index >= 15 is 0 Å². The Hall–Kier alpha value is -3.34. The van der Waals surface area contributed by atoms with Gasteiger partial charge in [-0.3, -0.25) is 14.9 Å². The number of piperazine rings is 1. The van der Waals surface area contributed by atoms with Crippen molar-refractivity contribution in [2.24, 2.45) is 0 Å². The van der Waals surface area contributed by atoms with Gasteiger partial charge in [0.05, 0.1) is 35.5 Å². The molecule has 0 saturated carbocycles. The summed E-state index contributed by atoms with van der Waals surface area (Å²) in [6.07, 6.45) is 0. The summed E-state index contributed by atoms with van der Waals surface area (Å²) in [6.45, 7) is 2.65. The molecule has 2 heterocycles. The number of morpholine rings is 1. The maximum Gasteiger partial charge on any atom is 0.295 e. The van der Waals surface area contributed by atoms with Gasteiger partial charge in [0.2, 0.25) is 0 Å². The number of hydrogen-bond acceptors (Lipinski definition) is 6. The molecular formula is C21H21F3N4O4. The average Bonchev–Trinajstić information content (AvgIpc) is 2.79. The lowest BCUT2D eigenvalue weighted by molar-refractivity contribution is -0.384. The van der Waals surface area contributed by atoms with Crippen LogP contribution in [0.3, 0.4) is 0 Å². The summed E-state index contributed by atoms with van der Waals surface area (Å²) in [5.41, 5.74) is -0.0650. The third-order valence-electron chi connectivity index (χ3n) is 5.66. The summed E-state index contributed by atoms with van der Waals surface area (Å²) >= 11 is 0. The molecule has 0 aromatic heterocycles. The molecule has 0 N–H and O–H groups in total. The van der Waals surface area contributed by atoms with Crippen LogP contribution in [-0.4, -0.2) is 68.2 Å². The zero-order valence-corrected chi connectivity index (χ0v) is 17.1. The lowest BCUT2D eigenvalue weighted by Gasteiger charge is -2.36. The van der Waals surface area contributed by atoms with Gasteiger partial charge in [-0.05, 0) is 18.2 Å². The Kier molecular flexibility index (Phi) is 6.17. The maximum absolute atomic E-state index is 14.6. The van der Waals surface area contributed by atoms with Crippen LogP contribution < -0.4 is 9.80 Å². The average molecular weight is 450 g/mol. The topological polar surface area (TPSA) is 79.2 Å². The lowest BCUT2D eigenvalue weighted by Crippen LogP contribution is -2.49. The minimum Gasteiger partial charge on any atom is -0.378 e. The van der Waals surface area contributed by atoms with E-state index in [9.17, 15) is 28.1 Å². The van der Waals surface area contributed by atoms with Gasteiger partial charge in [0.1, 0.15) is 17.3 Å². The zero-order chi connectivity index (χ0) is 22.8. The number of anilines is 2. The van der Waals surface area contributed by atoms with Crippen LogP contribution in [-0.2, 0) is 4.74 Å². The summed E-state index contributed by atoms with van der Waals surface area (Å²) in [6, 6.07) is 5.15. The first-order valence-electron chi connectivity index (χ1n) is 10.1. The Bertz CT molecular complexity index is 1040. The lowest BCUT2D eigenvalue weighted by atomic mass is 10.1. The standard InChI is InChI=1S/C21H21F3N4O4/c22-14-1-2-15(16(23)11-14)21(29)27-5-3-25(4-6-27)19-13-18(26-7-9-32-10-8-26)17(24)12-20(19)28(30)31/h1-2,11-13H,3-10H2. The first-order valence-corrected chi connectivity index (χ1v) is 10.1. The number of nitro groups is 1. The normalized spacial score (nSPS) is 16.9. The number of carbonyl (C=O) groups excluding carboxylic acids is 1. The minimum atomic E-state index is -0.943. The van der Waals surface area contributed by atoms with Gasteiger partial charge >= 0.3 is 0 Å². The van der Waals surface area contributed by atoms with Crippen molar-refractivity contribution in [3.63, 3.8) is 0 Å². The van der Waals surface area contributed by atoms with E-state index in [4.69, 9.17) is 4.74 Å². The molecule has 0 spiro atoms. The molecule has 2 aliphatic heterocycles. The van der Waals surface area contributed by atoms with Crippen molar-refractivity contribution in [3.05, 3.63) is 63.5 Å². The second-order valence-electron chi connectivity index (χ2n) is 7.55. The van der Waals surface area contributed by atoms with Crippen molar-refractivity contribution in [3.8, 4) is 0 Å². The van der Waals surface area contributed by atoms with Crippen molar-refractivity contribution in [2.45, 2.75) is 0 Å². The number of ether oxygens (including phenoxy) is 1. The SMILES string of the molecule is O=C(c1ccc(F)cc1F)N1CCN(c2cc(N3CCOCC3)c(F)cc2[N+](=O)[O-])CC1. The van der Waals surface area contributed by atoms with E-state index < -0.39 is 28.3 Å². The fourth-order valence-corrected chi connectivity index (χ4v) is 3.97. The van der Waals surface area contributed by atoms with Crippen LogP contribution in [0.2, 0.25) is 0 Å². The van der Waals surface area contributed by atoms with Crippen molar-refractivity contribution in [1.29, 1.82) is 0 Å². The van der Waals surface area contributed by atoms with E-state index in [2.05, 4.69) is 0 Å². The molecule has 170 valence electrons. The minimum absolute atomic E-state index is 0.178. The molecule has 0 atom stereocenters. The number of nitro benzene ring substituents is 1. The summed E-state index contributed by atoms with van der Waals surface area (Å²) in [5.74, 6) is -2.97. The Morgan fingerprint density at radius 3 is 2.16 bits per heavy atom. The van der Waals surface area contributed by atoms with E-state index in [1.54, 1.807) is 9.80 Å². The first kappa shape index (κ1) is 21.9. The van der Waals surface area contributed by atoms with Crippen LogP contribution in [0.25, 0.3) is 0 Å². The molecule has 1 amide bonds. The quantitative estimate of drug-likeness (QED) is 0.527. The summed E-state index contributed by atoms with van der Waals surface area (Å²) in [7, 11) is 0. The van der Waals surface area contributed by atoms with Crippen LogP contribution in [0.15, 0.2) is 30.3 Å². The molecule has 2 fully saturated rings. The van der Waals surface area contributed by atoms with Gasteiger partial charge in [0, 0.05) is 45.3 Å². The number of carbonyl (C=O) groups is 1. The van der Waals surface area contributed by atoms with Gasteiger partial charge in [-0.2, -0.15) is 0 Å². The van der Waals surface area contributed by atoms with Gasteiger partial charge < -0.3 is 19.4 Å². The smallest absolute Gasteiger partial charge is 0.295 e. The monoisotopic (exact) mass is 450 g/mol. The van der Waals surface area contributed by atoms with Crippen molar-refractivity contribution < 1.29 is 27.6 Å². The molecular weight excluding hydrogens is 429 g/mol. The van der Waals surface area contributed by atoms with E-state index in [0.717, 1.165) is 18.2 Å². The molecule has 0 unspecified atom stereocenters. The molecule has 32 heavy (non-hydrogen) atoms. The van der Waals surface area contributed by atoms with Crippen LogP contribution in [0.5, 0.6) is 0 Å². The molecule has 2 saturated heterocycles. The van der Waals surface area contributed by atoms with Crippen molar-refractivity contribution in [2.75, 3.05) is 62.3 Å². The Morgan fingerprint density at radius 2 is 1.53 bits per heavy atom. The highest BCUT2D eigenvalue weighted by Crippen LogP contribution is 2.36. The van der Waals surface area contributed by atoms with E-state index in [1.165, 1.54) is 11.0 Å². The Morgan fingerprint density at radius 1 is 0.875 bits per heavy atom. The van der Waals surface area contributed by atoms with Crippen molar-refractivity contribution >= 4 is 23.0 Å². The fraction of sp³-hybridized carbons (Fsp3) is 0.381. The molecule has 0 bridgehead atoms. The van der Waals surface area contributed by atoms with E-state index in [-0.39, 0.29) is 48.8 Å². The van der Waals surface area contributed by atoms with Gasteiger partial charge in [-0.25, -0.2) is 13.2 Å². The second kappa shape index (κ2) is 9.03. The third kappa shape index (κ3) is 4.33. The van der Waals surface area contributed by atoms with Crippen LogP contribution in [0.1, 0.15) is 10.4 Å². The van der Waals surface area contributed by atoms with Crippen LogP contribution in [0.4, 0.5) is 30.2 Å². The van der Waals surface area contributed by atoms with Crippen molar-refractivity contribution in [1.82, 2.24) is 4.90 Å². The summed E-state index contributed by atoms with van der Waals surface area (Å²) in [5, 5.41) is 11.6. The second-order valence-corrected chi connectivity index (χ2v) is 7.55. The highest BCUT2D eigenvalue weighted by molar-refractivity contribution is 5.94. The maximum atomic E-state index is 14.6. The fourth-order valence-electron chi connectivity index (χ4n) is 3.97. The largest absolute Gasteiger partial charge is 0.378 e. The molecule has 11 heteroatoms. The van der Waals surface area contributed by atoms with Gasteiger partial charge in [-0.1, -0.05) is 0 Å². The van der Waals surface area contributed by atoms with Crippen LogP contribution >= 0.6 is 0 Å². The number of hydrogen-bond donors (Lipinski definition) is 0. The number of rotatable bonds is 4. The van der Waals surface area contributed by atoms with Crippen LogP contribution in [0, 0.1) is 27.6 Å². The molecule has 4 rings (SSSR count). The molecule has 0 aliphatic carbocycles. The number of amides is 1. The first-order chi connectivity index (χ1) is 15.3. The molecule has 8 nitrogen and oxygen atoms in total. The van der Waals surface area contributed by atoms with E-state index in [1.807, 2.05) is 0 Å².